The number of rotatable bonds is 6. The lowest BCUT2D eigenvalue weighted by Gasteiger charge is -2.36. The zero-order valence-corrected chi connectivity index (χ0v) is 19.8. The molecule has 1 fully saturated rings. The van der Waals surface area contributed by atoms with Crippen molar-refractivity contribution in [2.24, 2.45) is 0 Å². The van der Waals surface area contributed by atoms with Crippen LogP contribution in [-0.4, -0.2) is 63.4 Å². The van der Waals surface area contributed by atoms with Crippen molar-refractivity contribution >= 4 is 27.3 Å². The van der Waals surface area contributed by atoms with Gasteiger partial charge in [-0.05, 0) is 24.6 Å². The second-order valence-electron chi connectivity index (χ2n) is 8.28. The molecule has 0 saturated carbocycles. The molecule has 1 aliphatic rings. The molecule has 12 heteroatoms. The van der Waals surface area contributed by atoms with Crippen LogP contribution in [0, 0.1) is 17.0 Å². The Morgan fingerprint density at radius 1 is 1.00 bits per heavy atom. The van der Waals surface area contributed by atoms with E-state index in [2.05, 4.69) is 32.1 Å². The van der Waals surface area contributed by atoms with Crippen LogP contribution in [0.4, 0.5) is 11.5 Å². The van der Waals surface area contributed by atoms with Crippen LogP contribution in [0.3, 0.4) is 0 Å². The molecular formula is C23H23N7O4S. The Bertz CT molecular complexity index is 1480. The van der Waals surface area contributed by atoms with E-state index in [-0.39, 0.29) is 23.7 Å². The molecule has 1 saturated heterocycles. The molecule has 35 heavy (non-hydrogen) atoms. The Morgan fingerprint density at radius 2 is 1.69 bits per heavy atom. The Kier molecular flexibility index (Phi) is 5.91. The van der Waals surface area contributed by atoms with Crippen LogP contribution in [0.1, 0.15) is 16.8 Å². The normalized spacial score (nSPS) is 14.9. The third-order valence-electron chi connectivity index (χ3n) is 6.15. The van der Waals surface area contributed by atoms with Crippen molar-refractivity contribution in [1.29, 1.82) is 0 Å². The maximum absolute atomic E-state index is 13.1. The van der Waals surface area contributed by atoms with Crippen LogP contribution < -0.4 is 4.90 Å². The number of nitro benzene ring substituents is 1. The highest BCUT2D eigenvalue weighted by Gasteiger charge is 2.31. The fraction of sp³-hybridized carbons (Fsp3) is 0.261. The largest absolute Gasteiger partial charge is 0.354 e. The number of aryl methyl sites for hydroxylation is 1. The van der Waals surface area contributed by atoms with Crippen molar-refractivity contribution in [3.63, 3.8) is 0 Å². The van der Waals surface area contributed by atoms with Gasteiger partial charge in [-0.3, -0.25) is 10.1 Å². The number of aromatic nitrogens is 4. The first-order chi connectivity index (χ1) is 16.8. The molecule has 2 aromatic carbocycles. The summed E-state index contributed by atoms with van der Waals surface area (Å²) in [6.07, 6.45) is 2.12. The Labute approximate surface area is 201 Å². The van der Waals surface area contributed by atoms with E-state index in [0.717, 1.165) is 22.6 Å². The molecular weight excluding hydrogens is 470 g/mol. The summed E-state index contributed by atoms with van der Waals surface area (Å²) >= 11 is 0. The van der Waals surface area contributed by atoms with Gasteiger partial charge in [-0.1, -0.05) is 30.3 Å². The summed E-state index contributed by atoms with van der Waals surface area (Å²) in [6, 6.07) is 15.1. The topological polar surface area (TPSA) is 127 Å². The van der Waals surface area contributed by atoms with Crippen LogP contribution in [0.2, 0.25) is 0 Å². The van der Waals surface area contributed by atoms with Gasteiger partial charge in [0.05, 0.1) is 9.82 Å². The summed E-state index contributed by atoms with van der Waals surface area (Å²) in [5.74, 6) is 1.36. The number of nitrogens with zero attached hydrogens (tertiary/aromatic N) is 7. The SMILES string of the molecule is Cc1nc2ncnn2c(N2CCN(S(=O)(=O)c3ccc([N+](=O)[O-])cc3)CC2)c1Cc1ccccc1. The zero-order valence-electron chi connectivity index (χ0n) is 19.0. The maximum atomic E-state index is 13.1. The van der Waals surface area contributed by atoms with Crippen molar-refractivity contribution in [2.45, 2.75) is 18.2 Å². The Balaban J connectivity index is 1.42. The quantitative estimate of drug-likeness (QED) is 0.296. The van der Waals surface area contributed by atoms with Crippen LogP contribution in [0.25, 0.3) is 5.78 Å². The standard InChI is InChI=1S/C23H23N7O4S/c1-17-21(15-18-5-3-2-4-6-18)22(29-23(26-17)24-16-25-29)27-11-13-28(14-12-27)35(33,34)20-9-7-19(8-10-20)30(31)32/h2-10,16H,11-15H2,1H3. The van der Waals surface area contributed by atoms with E-state index in [4.69, 9.17) is 0 Å². The van der Waals surface area contributed by atoms with Gasteiger partial charge in [0.15, 0.2) is 0 Å². The van der Waals surface area contributed by atoms with Crippen molar-refractivity contribution < 1.29 is 13.3 Å². The molecule has 0 amide bonds. The predicted octanol–water partition coefficient (Wildman–Crippen LogP) is 2.44. The summed E-state index contributed by atoms with van der Waals surface area (Å²) in [6.45, 7) is 3.38. The molecule has 0 radical (unpaired) electrons. The molecule has 0 atom stereocenters. The second kappa shape index (κ2) is 9.04. The molecule has 0 unspecified atom stereocenters. The maximum Gasteiger partial charge on any atom is 0.269 e. The second-order valence-corrected chi connectivity index (χ2v) is 10.2. The smallest absolute Gasteiger partial charge is 0.269 e. The van der Waals surface area contributed by atoms with Crippen molar-refractivity contribution in [2.75, 3.05) is 31.1 Å². The third kappa shape index (κ3) is 4.33. The van der Waals surface area contributed by atoms with Crippen molar-refractivity contribution in [3.8, 4) is 0 Å². The number of non-ortho nitro benzene ring substituents is 1. The van der Waals surface area contributed by atoms with E-state index in [9.17, 15) is 18.5 Å². The zero-order chi connectivity index (χ0) is 24.6. The van der Waals surface area contributed by atoms with E-state index >= 15 is 0 Å². The number of anilines is 1. The van der Waals surface area contributed by atoms with Gasteiger partial charge >= 0.3 is 0 Å². The Morgan fingerprint density at radius 3 is 2.34 bits per heavy atom. The summed E-state index contributed by atoms with van der Waals surface area (Å²) in [5.41, 5.74) is 2.85. The van der Waals surface area contributed by atoms with Crippen LogP contribution in [0.5, 0.6) is 0 Å². The van der Waals surface area contributed by atoms with E-state index in [1.165, 1.54) is 34.9 Å². The van der Waals surface area contributed by atoms with Gasteiger partial charge in [-0.25, -0.2) is 13.4 Å². The Hall–Kier alpha value is -3.90. The van der Waals surface area contributed by atoms with E-state index in [1.54, 1.807) is 4.52 Å². The summed E-state index contributed by atoms with van der Waals surface area (Å²) < 4.78 is 29.4. The van der Waals surface area contributed by atoms with Gasteiger partial charge in [0, 0.05) is 56.0 Å². The van der Waals surface area contributed by atoms with Gasteiger partial charge in [0.1, 0.15) is 12.1 Å². The molecule has 0 bridgehead atoms. The van der Waals surface area contributed by atoms with Gasteiger partial charge in [0.25, 0.3) is 11.5 Å². The molecule has 11 nitrogen and oxygen atoms in total. The number of hydrogen-bond donors (Lipinski definition) is 0. The molecule has 2 aromatic heterocycles. The lowest BCUT2D eigenvalue weighted by Crippen LogP contribution is -2.49. The van der Waals surface area contributed by atoms with Crippen molar-refractivity contribution in [1.82, 2.24) is 23.9 Å². The van der Waals surface area contributed by atoms with E-state index in [0.29, 0.717) is 25.3 Å². The number of hydrogen-bond acceptors (Lipinski definition) is 8. The average molecular weight is 494 g/mol. The van der Waals surface area contributed by atoms with E-state index in [1.807, 2.05) is 25.1 Å². The molecule has 3 heterocycles. The first kappa shape index (κ1) is 22.9. The highest BCUT2D eigenvalue weighted by atomic mass is 32.2. The highest BCUT2D eigenvalue weighted by molar-refractivity contribution is 7.89. The number of benzene rings is 2. The predicted molar refractivity (Wildman–Crippen MR) is 129 cm³/mol. The van der Waals surface area contributed by atoms with Gasteiger partial charge < -0.3 is 4.90 Å². The van der Waals surface area contributed by atoms with Gasteiger partial charge in [-0.2, -0.15) is 18.9 Å². The number of nitro groups is 1. The van der Waals surface area contributed by atoms with Crippen LogP contribution in [-0.2, 0) is 16.4 Å². The molecule has 1 aliphatic heterocycles. The first-order valence-electron chi connectivity index (χ1n) is 11.1. The van der Waals surface area contributed by atoms with Gasteiger partial charge in [0.2, 0.25) is 10.0 Å². The molecule has 0 spiro atoms. The molecule has 0 aliphatic carbocycles. The molecule has 5 rings (SSSR count). The molecule has 4 aromatic rings. The number of fused-ring (bicyclic) bond motifs is 1. The van der Waals surface area contributed by atoms with Crippen LogP contribution >= 0.6 is 0 Å². The summed E-state index contributed by atoms with van der Waals surface area (Å²) in [4.78, 5) is 21.4. The number of sulfonamides is 1. The monoisotopic (exact) mass is 493 g/mol. The van der Waals surface area contributed by atoms with E-state index < -0.39 is 14.9 Å². The fourth-order valence-electron chi connectivity index (χ4n) is 4.33. The fourth-order valence-corrected chi connectivity index (χ4v) is 5.75. The number of piperazine rings is 1. The average Bonchev–Trinajstić information content (AvgIpc) is 3.33. The van der Waals surface area contributed by atoms with Gasteiger partial charge in [-0.15, -0.1) is 0 Å². The lowest BCUT2D eigenvalue weighted by molar-refractivity contribution is -0.384. The van der Waals surface area contributed by atoms with Crippen molar-refractivity contribution in [3.05, 3.63) is 87.9 Å². The minimum absolute atomic E-state index is 0.0414. The lowest BCUT2D eigenvalue weighted by atomic mass is 10.0. The minimum Gasteiger partial charge on any atom is -0.354 e. The summed E-state index contributed by atoms with van der Waals surface area (Å²) in [5, 5.41) is 15.3. The van der Waals surface area contributed by atoms with Crippen LogP contribution in [0.15, 0.2) is 65.8 Å². The molecule has 0 N–H and O–H groups in total. The molecule has 180 valence electrons. The highest BCUT2D eigenvalue weighted by Crippen LogP contribution is 2.28. The third-order valence-corrected chi connectivity index (χ3v) is 8.06. The first-order valence-corrected chi connectivity index (χ1v) is 12.5. The minimum atomic E-state index is -3.77. The summed E-state index contributed by atoms with van der Waals surface area (Å²) in [7, 11) is -3.77.